The number of likely N-dealkylation sites (tertiary alicyclic amines) is 1. The van der Waals surface area contributed by atoms with Crippen molar-refractivity contribution in [2.45, 2.75) is 63.6 Å². The zero-order valence-electron chi connectivity index (χ0n) is 11.9. The van der Waals surface area contributed by atoms with Gasteiger partial charge in [0, 0.05) is 12.1 Å². The molecule has 1 aromatic rings. The molecule has 0 aromatic carbocycles. The highest BCUT2D eigenvalue weighted by Crippen LogP contribution is 2.40. The van der Waals surface area contributed by atoms with E-state index in [0.717, 1.165) is 12.0 Å². The first kappa shape index (κ1) is 13.6. The first-order valence-electron chi connectivity index (χ1n) is 7.81. The SMILES string of the molecule is CC(N)C(c1ccsc1)N1CCCC1C1CCCC1. The molecule has 3 atom stereocenters. The monoisotopic (exact) mass is 278 g/mol. The molecule has 3 unspecified atom stereocenters. The van der Waals surface area contributed by atoms with Crippen LogP contribution in [0.3, 0.4) is 0 Å². The molecule has 1 saturated carbocycles. The van der Waals surface area contributed by atoms with Gasteiger partial charge in [-0.3, -0.25) is 4.90 Å². The van der Waals surface area contributed by atoms with Crippen molar-refractivity contribution < 1.29 is 0 Å². The lowest BCUT2D eigenvalue weighted by Gasteiger charge is -2.38. The fraction of sp³-hybridized carbons (Fsp3) is 0.750. The average Bonchev–Trinajstić information content (AvgIpc) is 3.11. The average molecular weight is 278 g/mol. The number of rotatable bonds is 4. The van der Waals surface area contributed by atoms with Gasteiger partial charge in [0.05, 0.1) is 6.04 Å². The van der Waals surface area contributed by atoms with E-state index in [2.05, 4.69) is 28.7 Å². The molecule has 0 spiro atoms. The Bertz CT molecular complexity index is 381. The van der Waals surface area contributed by atoms with E-state index in [0.29, 0.717) is 6.04 Å². The summed E-state index contributed by atoms with van der Waals surface area (Å²) < 4.78 is 0. The number of nitrogens with two attached hydrogens (primary N) is 1. The first-order chi connectivity index (χ1) is 9.27. The molecule has 2 N–H and O–H groups in total. The topological polar surface area (TPSA) is 29.3 Å². The van der Waals surface area contributed by atoms with Gasteiger partial charge in [-0.1, -0.05) is 12.8 Å². The summed E-state index contributed by atoms with van der Waals surface area (Å²) in [6.07, 6.45) is 8.51. The summed E-state index contributed by atoms with van der Waals surface area (Å²) in [5.74, 6) is 0.933. The Kier molecular flexibility index (Phi) is 4.25. The molecule has 19 heavy (non-hydrogen) atoms. The van der Waals surface area contributed by atoms with Gasteiger partial charge >= 0.3 is 0 Å². The lowest BCUT2D eigenvalue weighted by atomic mass is 9.93. The van der Waals surface area contributed by atoms with E-state index in [1.165, 1.54) is 50.6 Å². The molecule has 0 bridgehead atoms. The molecule has 1 saturated heterocycles. The molecule has 2 nitrogen and oxygen atoms in total. The Morgan fingerprint density at radius 3 is 2.68 bits per heavy atom. The zero-order valence-corrected chi connectivity index (χ0v) is 12.7. The van der Waals surface area contributed by atoms with Crippen molar-refractivity contribution in [3.8, 4) is 0 Å². The standard InChI is InChI=1S/C16H26N2S/c1-12(17)16(14-8-10-19-11-14)18-9-4-7-15(18)13-5-2-3-6-13/h8,10-13,15-16H,2-7,9,17H2,1H3. The molecule has 2 heterocycles. The summed E-state index contributed by atoms with van der Waals surface area (Å²) in [4.78, 5) is 2.74. The molecule has 2 aliphatic rings. The largest absolute Gasteiger partial charge is 0.326 e. The van der Waals surface area contributed by atoms with E-state index in [1.807, 2.05) is 0 Å². The lowest BCUT2D eigenvalue weighted by molar-refractivity contribution is 0.120. The van der Waals surface area contributed by atoms with Gasteiger partial charge in [0.2, 0.25) is 0 Å². The van der Waals surface area contributed by atoms with Gasteiger partial charge in [-0.15, -0.1) is 0 Å². The van der Waals surface area contributed by atoms with Crippen molar-refractivity contribution in [2.75, 3.05) is 6.54 Å². The van der Waals surface area contributed by atoms with Crippen LogP contribution in [0, 0.1) is 5.92 Å². The van der Waals surface area contributed by atoms with Crippen molar-refractivity contribution >= 4 is 11.3 Å². The molecule has 2 fully saturated rings. The van der Waals surface area contributed by atoms with Crippen LogP contribution in [0.1, 0.15) is 57.1 Å². The van der Waals surface area contributed by atoms with Crippen LogP contribution in [0.25, 0.3) is 0 Å². The summed E-state index contributed by atoms with van der Waals surface area (Å²) in [6, 6.07) is 3.71. The second-order valence-electron chi connectivity index (χ2n) is 6.35. The Balaban J connectivity index is 1.80. The van der Waals surface area contributed by atoms with Gasteiger partial charge in [-0.25, -0.2) is 0 Å². The molecule has 0 radical (unpaired) electrons. The third kappa shape index (κ3) is 2.74. The second kappa shape index (κ2) is 5.94. The van der Waals surface area contributed by atoms with Crippen LogP contribution in [0.2, 0.25) is 0 Å². The van der Waals surface area contributed by atoms with Gasteiger partial charge in [0.1, 0.15) is 0 Å². The predicted octanol–water partition coefficient (Wildman–Crippen LogP) is 3.79. The van der Waals surface area contributed by atoms with Gasteiger partial charge in [0.15, 0.2) is 0 Å². The smallest absolute Gasteiger partial charge is 0.0507 e. The van der Waals surface area contributed by atoms with Gasteiger partial charge in [0.25, 0.3) is 0 Å². The molecule has 1 aliphatic carbocycles. The van der Waals surface area contributed by atoms with Crippen LogP contribution in [0.5, 0.6) is 0 Å². The van der Waals surface area contributed by atoms with E-state index >= 15 is 0 Å². The molecule has 3 rings (SSSR count). The minimum absolute atomic E-state index is 0.219. The molecular formula is C16H26N2S. The maximum Gasteiger partial charge on any atom is 0.0507 e. The van der Waals surface area contributed by atoms with Crippen molar-refractivity contribution in [2.24, 2.45) is 11.7 Å². The summed E-state index contributed by atoms with van der Waals surface area (Å²) in [6.45, 7) is 3.41. The number of nitrogens with zero attached hydrogens (tertiary/aromatic N) is 1. The maximum absolute atomic E-state index is 6.33. The highest BCUT2D eigenvalue weighted by atomic mass is 32.1. The highest BCUT2D eigenvalue weighted by Gasteiger charge is 2.38. The summed E-state index contributed by atoms with van der Waals surface area (Å²) >= 11 is 1.80. The number of hydrogen-bond donors (Lipinski definition) is 1. The van der Waals surface area contributed by atoms with Crippen LogP contribution in [-0.2, 0) is 0 Å². The normalized spacial score (nSPS) is 28.8. The number of thiophene rings is 1. The van der Waals surface area contributed by atoms with Crippen LogP contribution < -0.4 is 5.73 Å². The fourth-order valence-corrected chi connectivity index (χ4v) is 4.94. The summed E-state index contributed by atoms with van der Waals surface area (Å²) in [7, 11) is 0. The molecular weight excluding hydrogens is 252 g/mol. The van der Waals surface area contributed by atoms with Gasteiger partial charge in [-0.05, 0) is 67.5 Å². The molecule has 1 aliphatic heterocycles. The van der Waals surface area contributed by atoms with E-state index in [-0.39, 0.29) is 6.04 Å². The molecule has 0 amide bonds. The predicted molar refractivity (Wildman–Crippen MR) is 82.4 cm³/mol. The molecule has 106 valence electrons. The quantitative estimate of drug-likeness (QED) is 0.908. The third-order valence-electron chi connectivity index (χ3n) is 5.03. The van der Waals surface area contributed by atoms with Crippen molar-refractivity contribution in [3.05, 3.63) is 22.4 Å². The van der Waals surface area contributed by atoms with Gasteiger partial charge in [-0.2, -0.15) is 11.3 Å². The van der Waals surface area contributed by atoms with E-state index < -0.39 is 0 Å². The van der Waals surface area contributed by atoms with Crippen molar-refractivity contribution in [1.29, 1.82) is 0 Å². The fourth-order valence-electron chi connectivity index (χ4n) is 4.25. The Labute approximate surface area is 121 Å². The van der Waals surface area contributed by atoms with Crippen LogP contribution in [0.15, 0.2) is 16.8 Å². The summed E-state index contributed by atoms with van der Waals surface area (Å²) in [5.41, 5.74) is 7.77. The summed E-state index contributed by atoms with van der Waals surface area (Å²) in [5, 5.41) is 4.48. The van der Waals surface area contributed by atoms with Crippen LogP contribution >= 0.6 is 11.3 Å². The van der Waals surface area contributed by atoms with E-state index in [4.69, 9.17) is 5.73 Å². The molecule has 1 aromatic heterocycles. The van der Waals surface area contributed by atoms with Crippen LogP contribution in [-0.4, -0.2) is 23.5 Å². The maximum atomic E-state index is 6.33. The van der Waals surface area contributed by atoms with E-state index in [9.17, 15) is 0 Å². The zero-order chi connectivity index (χ0) is 13.2. The van der Waals surface area contributed by atoms with Gasteiger partial charge < -0.3 is 5.73 Å². The second-order valence-corrected chi connectivity index (χ2v) is 7.13. The van der Waals surface area contributed by atoms with Crippen molar-refractivity contribution in [1.82, 2.24) is 4.90 Å². The molecule has 3 heteroatoms. The number of hydrogen-bond acceptors (Lipinski definition) is 3. The minimum atomic E-state index is 0.219. The highest BCUT2D eigenvalue weighted by molar-refractivity contribution is 7.07. The first-order valence-corrected chi connectivity index (χ1v) is 8.75. The van der Waals surface area contributed by atoms with Crippen LogP contribution in [0.4, 0.5) is 0 Å². The Morgan fingerprint density at radius 2 is 2.05 bits per heavy atom. The Hall–Kier alpha value is -0.380. The minimum Gasteiger partial charge on any atom is -0.326 e. The third-order valence-corrected chi connectivity index (χ3v) is 5.73. The lowest BCUT2D eigenvalue weighted by Crippen LogP contribution is -2.44. The van der Waals surface area contributed by atoms with Crippen molar-refractivity contribution in [3.63, 3.8) is 0 Å². The van der Waals surface area contributed by atoms with E-state index in [1.54, 1.807) is 11.3 Å². The Morgan fingerprint density at radius 1 is 1.26 bits per heavy atom.